The smallest absolute Gasteiger partial charge is 0.235 e. The van der Waals surface area contributed by atoms with Gasteiger partial charge >= 0.3 is 0 Å². The lowest BCUT2D eigenvalue weighted by molar-refractivity contribution is -0.400. The SMILES string of the molecule is [B]c1ccc2c(/C=C/[N+](=O)[O-])cn(CC(C)C)c2c1. The molecule has 2 rings (SSSR count). The zero-order valence-corrected chi connectivity index (χ0v) is 11.0. The van der Waals surface area contributed by atoms with E-state index in [9.17, 15) is 10.1 Å². The highest BCUT2D eigenvalue weighted by Gasteiger charge is 2.08. The first-order valence-electron chi connectivity index (χ1n) is 6.17. The van der Waals surface area contributed by atoms with E-state index in [0.29, 0.717) is 11.4 Å². The Morgan fingerprint density at radius 1 is 1.47 bits per heavy atom. The molecule has 0 saturated heterocycles. The molecule has 4 nitrogen and oxygen atoms in total. The van der Waals surface area contributed by atoms with Gasteiger partial charge in [0.25, 0.3) is 0 Å². The molecular weight excluding hydrogens is 239 g/mol. The molecule has 0 aliphatic carbocycles. The quantitative estimate of drug-likeness (QED) is 0.477. The van der Waals surface area contributed by atoms with E-state index in [-0.39, 0.29) is 0 Å². The average Bonchev–Trinajstić information content (AvgIpc) is 2.63. The van der Waals surface area contributed by atoms with E-state index < -0.39 is 4.92 Å². The summed E-state index contributed by atoms with van der Waals surface area (Å²) in [5, 5.41) is 11.4. The molecule has 96 valence electrons. The van der Waals surface area contributed by atoms with Gasteiger partial charge in [0.05, 0.1) is 4.92 Å². The highest BCUT2D eigenvalue weighted by atomic mass is 16.6. The third kappa shape index (κ3) is 3.05. The Bertz CT molecular complexity index is 644. The molecule has 0 saturated carbocycles. The number of aromatic nitrogens is 1. The lowest BCUT2D eigenvalue weighted by atomic mass is 9.95. The van der Waals surface area contributed by atoms with Crippen LogP contribution in [-0.4, -0.2) is 17.3 Å². The molecule has 5 heteroatoms. The van der Waals surface area contributed by atoms with E-state index in [1.54, 1.807) is 0 Å². The Hall–Kier alpha value is -2.04. The fourth-order valence-corrected chi connectivity index (χ4v) is 2.16. The van der Waals surface area contributed by atoms with Crippen LogP contribution in [0, 0.1) is 16.0 Å². The van der Waals surface area contributed by atoms with Gasteiger partial charge in [-0.3, -0.25) is 10.1 Å². The molecule has 0 aliphatic heterocycles. The van der Waals surface area contributed by atoms with Crippen molar-refractivity contribution in [1.82, 2.24) is 4.57 Å². The molecule has 2 aromatic rings. The Balaban J connectivity index is 2.56. The molecule has 1 aromatic heterocycles. The van der Waals surface area contributed by atoms with Gasteiger partial charge < -0.3 is 4.57 Å². The molecule has 0 bridgehead atoms. The van der Waals surface area contributed by atoms with Crippen molar-refractivity contribution >= 4 is 30.3 Å². The predicted molar refractivity (Wildman–Crippen MR) is 78.2 cm³/mol. The van der Waals surface area contributed by atoms with Crippen LogP contribution in [0.5, 0.6) is 0 Å². The van der Waals surface area contributed by atoms with Gasteiger partial charge in [0.15, 0.2) is 0 Å². The minimum atomic E-state index is -0.455. The lowest BCUT2D eigenvalue weighted by Gasteiger charge is -2.08. The van der Waals surface area contributed by atoms with Gasteiger partial charge in [0.2, 0.25) is 6.20 Å². The summed E-state index contributed by atoms with van der Waals surface area (Å²) < 4.78 is 2.09. The molecule has 19 heavy (non-hydrogen) atoms. The summed E-state index contributed by atoms with van der Waals surface area (Å²) in [5.41, 5.74) is 2.55. The minimum absolute atomic E-state index is 0.455. The summed E-state index contributed by atoms with van der Waals surface area (Å²) in [6, 6.07) is 5.62. The van der Waals surface area contributed by atoms with Crippen molar-refractivity contribution in [2.24, 2.45) is 5.92 Å². The maximum Gasteiger partial charge on any atom is 0.235 e. The van der Waals surface area contributed by atoms with E-state index in [0.717, 1.165) is 29.2 Å². The van der Waals surface area contributed by atoms with Gasteiger partial charge in [-0.05, 0) is 12.0 Å². The molecule has 0 atom stereocenters. The number of benzene rings is 1. The van der Waals surface area contributed by atoms with Crippen LogP contribution in [-0.2, 0) is 6.54 Å². The molecule has 0 spiro atoms. The second kappa shape index (κ2) is 5.30. The number of fused-ring (bicyclic) bond motifs is 1. The molecule has 1 aromatic carbocycles. The summed E-state index contributed by atoms with van der Waals surface area (Å²) in [6.07, 6.45) is 4.42. The second-order valence-electron chi connectivity index (χ2n) is 5.01. The van der Waals surface area contributed by atoms with Crippen molar-refractivity contribution in [3.05, 3.63) is 46.3 Å². The van der Waals surface area contributed by atoms with Gasteiger partial charge in [0.1, 0.15) is 7.85 Å². The largest absolute Gasteiger partial charge is 0.347 e. The highest BCUT2D eigenvalue weighted by molar-refractivity contribution is 6.33. The Labute approximate surface area is 113 Å². The zero-order valence-electron chi connectivity index (χ0n) is 11.0. The van der Waals surface area contributed by atoms with E-state index in [1.165, 1.54) is 6.08 Å². The van der Waals surface area contributed by atoms with Gasteiger partial charge in [0, 0.05) is 35.3 Å². The van der Waals surface area contributed by atoms with Gasteiger partial charge in [-0.2, -0.15) is 0 Å². The standard InChI is InChI=1S/C14H15BN2O2/c1-10(2)8-16-9-11(5-6-17(18)19)13-4-3-12(15)7-14(13)16/h3-7,9-10H,8H2,1-2H3/b6-5+. The normalized spacial score (nSPS) is 11.7. The van der Waals surface area contributed by atoms with E-state index in [4.69, 9.17) is 7.85 Å². The van der Waals surface area contributed by atoms with Crippen molar-refractivity contribution in [2.45, 2.75) is 20.4 Å². The third-order valence-corrected chi connectivity index (χ3v) is 2.87. The maximum absolute atomic E-state index is 10.4. The maximum atomic E-state index is 10.4. The van der Waals surface area contributed by atoms with Crippen LogP contribution >= 0.6 is 0 Å². The molecule has 2 radical (unpaired) electrons. The Kier molecular flexibility index (Phi) is 3.74. The van der Waals surface area contributed by atoms with Crippen LogP contribution in [0.2, 0.25) is 0 Å². The summed E-state index contributed by atoms with van der Waals surface area (Å²) in [4.78, 5) is 9.98. The predicted octanol–water partition coefficient (Wildman–Crippen LogP) is 2.34. The molecule has 0 aliphatic rings. The van der Waals surface area contributed by atoms with Crippen LogP contribution in [0.25, 0.3) is 17.0 Å². The van der Waals surface area contributed by atoms with E-state index in [2.05, 4.69) is 18.4 Å². The number of hydrogen-bond donors (Lipinski definition) is 0. The summed E-state index contributed by atoms with van der Waals surface area (Å²) >= 11 is 0. The van der Waals surface area contributed by atoms with Crippen molar-refractivity contribution in [3.8, 4) is 0 Å². The molecule has 0 amide bonds. The summed E-state index contributed by atoms with van der Waals surface area (Å²) in [5.74, 6) is 0.490. The topological polar surface area (TPSA) is 48.1 Å². The van der Waals surface area contributed by atoms with Crippen molar-refractivity contribution < 1.29 is 4.92 Å². The molecule has 0 fully saturated rings. The van der Waals surface area contributed by atoms with Crippen LogP contribution in [0.1, 0.15) is 19.4 Å². The first-order chi connectivity index (χ1) is 8.97. The molecule has 0 N–H and O–H groups in total. The highest BCUT2D eigenvalue weighted by Crippen LogP contribution is 2.22. The monoisotopic (exact) mass is 254 g/mol. The van der Waals surface area contributed by atoms with E-state index >= 15 is 0 Å². The van der Waals surface area contributed by atoms with Crippen molar-refractivity contribution in [2.75, 3.05) is 0 Å². The first-order valence-corrected chi connectivity index (χ1v) is 6.17. The second-order valence-corrected chi connectivity index (χ2v) is 5.01. The van der Waals surface area contributed by atoms with Crippen molar-refractivity contribution in [3.63, 3.8) is 0 Å². The third-order valence-electron chi connectivity index (χ3n) is 2.87. The van der Waals surface area contributed by atoms with Crippen molar-refractivity contribution in [1.29, 1.82) is 0 Å². The molecule has 1 heterocycles. The Morgan fingerprint density at radius 2 is 2.21 bits per heavy atom. The first kappa shape index (κ1) is 13.4. The Morgan fingerprint density at radius 3 is 2.84 bits per heavy atom. The fraction of sp³-hybridized carbons (Fsp3) is 0.286. The average molecular weight is 254 g/mol. The number of nitro groups is 1. The van der Waals surface area contributed by atoms with Crippen LogP contribution in [0.4, 0.5) is 0 Å². The lowest BCUT2D eigenvalue weighted by Crippen LogP contribution is -2.05. The van der Waals surface area contributed by atoms with Gasteiger partial charge in [-0.25, -0.2) is 0 Å². The molecular formula is C14H15BN2O2. The summed E-state index contributed by atoms with van der Waals surface area (Å²) in [7, 11) is 5.82. The fourth-order valence-electron chi connectivity index (χ4n) is 2.16. The van der Waals surface area contributed by atoms with Crippen LogP contribution < -0.4 is 5.46 Å². The van der Waals surface area contributed by atoms with E-state index in [1.807, 2.05) is 24.4 Å². The summed E-state index contributed by atoms with van der Waals surface area (Å²) in [6.45, 7) is 5.11. The number of rotatable bonds is 4. The minimum Gasteiger partial charge on any atom is -0.347 e. The van der Waals surface area contributed by atoms with Gasteiger partial charge in [-0.1, -0.05) is 31.4 Å². The van der Waals surface area contributed by atoms with Crippen LogP contribution in [0.15, 0.2) is 30.6 Å². The van der Waals surface area contributed by atoms with Gasteiger partial charge in [-0.15, -0.1) is 0 Å². The van der Waals surface area contributed by atoms with Crippen LogP contribution in [0.3, 0.4) is 0 Å². The zero-order chi connectivity index (χ0) is 14.0. The number of nitrogens with zero attached hydrogens (tertiary/aromatic N) is 2. The molecule has 0 unspecified atom stereocenters. The number of hydrogen-bond acceptors (Lipinski definition) is 2.